The number of benzene rings is 1. The minimum absolute atomic E-state index is 0.283. The lowest BCUT2D eigenvalue weighted by atomic mass is 10.3. The summed E-state index contributed by atoms with van der Waals surface area (Å²) in [6.45, 7) is 7.35. The zero-order valence-corrected chi connectivity index (χ0v) is 11.3. The topological polar surface area (TPSA) is 41.6 Å². The van der Waals surface area contributed by atoms with Crippen LogP contribution >= 0.6 is 0 Å². The van der Waals surface area contributed by atoms with Crippen LogP contribution in [0.3, 0.4) is 0 Å². The number of carbonyl (C=O) groups is 1. The van der Waals surface area contributed by atoms with Crippen LogP contribution in [0.4, 0.5) is 10.5 Å². The number of hydrogen-bond donors (Lipinski definition) is 1. The van der Waals surface area contributed by atoms with Gasteiger partial charge in [0.2, 0.25) is 0 Å². The van der Waals surface area contributed by atoms with Crippen molar-refractivity contribution < 1.29 is 9.53 Å². The third kappa shape index (κ3) is 4.28. The summed E-state index contributed by atoms with van der Waals surface area (Å²) in [7, 11) is 0. The van der Waals surface area contributed by atoms with E-state index in [2.05, 4.69) is 5.32 Å². The van der Waals surface area contributed by atoms with Crippen molar-refractivity contribution in [3.8, 4) is 0 Å². The van der Waals surface area contributed by atoms with Gasteiger partial charge in [-0.05, 0) is 32.4 Å². The molecule has 1 rings (SSSR count). The number of ether oxygens (including phenoxy) is 1. The van der Waals surface area contributed by atoms with Crippen LogP contribution in [-0.4, -0.2) is 25.4 Å². The maximum absolute atomic E-state index is 11.5. The molecule has 0 fully saturated rings. The second-order valence-electron chi connectivity index (χ2n) is 4.05. The lowest BCUT2D eigenvalue weighted by Crippen LogP contribution is -2.39. The smallest absolute Gasteiger partial charge is 0.409 e. The maximum atomic E-state index is 11.5. The molecule has 1 unspecified atom stereocenters. The van der Waals surface area contributed by atoms with Crippen molar-refractivity contribution in [2.24, 2.45) is 0 Å². The summed E-state index contributed by atoms with van der Waals surface area (Å²) in [6.07, 6.45) is 0.257. The van der Waals surface area contributed by atoms with E-state index in [4.69, 9.17) is 4.74 Å². The zero-order valence-electron chi connectivity index (χ0n) is 11.3. The first-order chi connectivity index (χ1) is 8.69. The van der Waals surface area contributed by atoms with Crippen LogP contribution < -0.4 is 10.2 Å². The summed E-state index contributed by atoms with van der Waals surface area (Å²) in [4.78, 5) is 13.5. The Labute approximate surface area is 109 Å². The minimum atomic E-state index is -0.362. The average Bonchev–Trinajstić information content (AvgIpc) is 2.38. The summed E-state index contributed by atoms with van der Waals surface area (Å²) >= 11 is 0. The van der Waals surface area contributed by atoms with Crippen LogP contribution in [-0.2, 0) is 4.74 Å². The standard InChI is InChI=1S/C14H22N2O2/c1-4-11-15-14(17)18-12(3)16(5-2)13-9-7-6-8-10-13/h6-10,12H,4-5,11H2,1-3H3,(H,15,17). The van der Waals surface area contributed by atoms with E-state index in [9.17, 15) is 4.79 Å². The Balaban J connectivity index is 2.57. The molecule has 0 heterocycles. The predicted octanol–water partition coefficient (Wildman–Crippen LogP) is 3.00. The van der Waals surface area contributed by atoms with Gasteiger partial charge >= 0.3 is 6.09 Å². The Bertz CT molecular complexity index is 354. The lowest BCUT2D eigenvalue weighted by molar-refractivity contribution is 0.105. The van der Waals surface area contributed by atoms with Gasteiger partial charge in [0.1, 0.15) is 0 Å². The Morgan fingerprint density at radius 2 is 2.00 bits per heavy atom. The first-order valence-electron chi connectivity index (χ1n) is 6.45. The molecular weight excluding hydrogens is 228 g/mol. The number of nitrogens with one attached hydrogen (secondary N) is 1. The molecule has 4 nitrogen and oxygen atoms in total. The van der Waals surface area contributed by atoms with E-state index in [1.165, 1.54) is 0 Å². The molecule has 0 aromatic heterocycles. The van der Waals surface area contributed by atoms with Crippen LogP contribution in [0.1, 0.15) is 27.2 Å². The summed E-state index contributed by atoms with van der Waals surface area (Å²) in [5.74, 6) is 0. The van der Waals surface area contributed by atoms with Gasteiger partial charge < -0.3 is 15.0 Å². The van der Waals surface area contributed by atoms with Crippen molar-refractivity contribution in [2.45, 2.75) is 33.4 Å². The summed E-state index contributed by atoms with van der Waals surface area (Å²) in [6, 6.07) is 9.93. The van der Waals surface area contributed by atoms with E-state index < -0.39 is 0 Å². The molecule has 0 spiro atoms. The van der Waals surface area contributed by atoms with Gasteiger partial charge in [0.05, 0.1) is 0 Å². The fraction of sp³-hybridized carbons (Fsp3) is 0.500. The summed E-state index contributed by atoms with van der Waals surface area (Å²) in [5.41, 5.74) is 1.05. The fourth-order valence-electron chi connectivity index (χ4n) is 1.76. The number of para-hydroxylation sites is 1. The predicted molar refractivity (Wildman–Crippen MR) is 73.7 cm³/mol. The monoisotopic (exact) mass is 250 g/mol. The van der Waals surface area contributed by atoms with Gasteiger partial charge in [0.15, 0.2) is 6.23 Å². The zero-order chi connectivity index (χ0) is 13.4. The number of anilines is 1. The molecule has 0 aliphatic heterocycles. The van der Waals surface area contributed by atoms with Crippen LogP contribution in [0.15, 0.2) is 30.3 Å². The van der Waals surface area contributed by atoms with Gasteiger partial charge in [-0.3, -0.25) is 0 Å². The lowest BCUT2D eigenvalue weighted by Gasteiger charge is -2.29. The first-order valence-corrected chi connectivity index (χ1v) is 6.45. The van der Waals surface area contributed by atoms with Crippen LogP contribution in [0.2, 0.25) is 0 Å². The summed E-state index contributed by atoms with van der Waals surface area (Å²) < 4.78 is 5.34. The molecule has 0 bridgehead atoms. The van der Waals surface area contributed by atoms with E-state index in [1.54, 1.807) is 0 Å². The van der Waals surface area contributed by atoms with Gasteiger partial charge in [0, 0.05) is 18.8 Å². The van der Waals surface area contributed by atoms with E-state index in [0.717, 1.165) is 18.7 Å². The summed E-state index contributed by atoms with van der Waals surface area (Å²) in [5, 5.41) is 2.71. The molecule has 0 radical (unpaired) electrons. The van der Waals surface area contributed by atoms with E-state index in [-0.39, 0.29) is 12.3 Å². The molecule has 0 saturated heterocycles. The van der Waals surface area contributed by atoms with Crippen molar-refractivity contribution >= 4 is 11.8 Å². The number of hydrogen-bond acceptors (Lipinski definition) is 3. The highest BCUT2D eigenvalue weighted by molar-refractivity contribution is 5.67. The minimum Gasteiger partial charge on any atom is -0.426 e. The molecule has 18 heavy (non-hydrogen) atoms. The third-order valence-corrected chi connectivity index (χ3v) is 2.66. The van der Waals surface area contributed by atoms with Crippen LogP contribution in [0, 0.1) is 0 Å². The van der Waals surface area contributed by atoms with Crippen molar-refractivity contribution in [1.82, 2.24) is 5.32 Å². The molecule has 1 amide bonds. The van der Waals surface area contributed by atoms with Gasteiger partial charge in [-0.2, -0.15) is 0 Å². The SMILES string of the molecule is CCCNC(=O)OC(C)N(CC)c1ccccc1. The van der Waals surface area contributed by atoms with Crippen molar-refractivity contribution in [3.05, 3.63) is 30.3 Å². The van der Waals surface area contributed by atoms with Gasteiger partial charge in [0.25, 0.3) is 0 Å². The van der Waals surface area contributed by atoms with Crippen molar-refractivity contribution in [2.75, 3.05) is 18.0 Å². The molecule has 1 N–H and O–H groups in total. The van der Waals surface area contributed by atoms with E-state index >= 15 is 0 Å². The van der Waals surface area contributed by atoms with Gasteiger partial charge in [-0.1, -0.05) is 25.1 Å². The molecular formula is C14H22N2O2. The van der Waals surface area contributed by atoms with Crippen molar-refractivity contribution in [1.29, 1.82) is 0 Å². The highest BCUT2D eigenvalue weighted by Gasteiger charge is 2.16. The van der Waals surface area contributed by atoms with Crippen molar-refractivity contribution in [3.63, 3.8) is 0 Å². The number of carbonyl (C=O) groups excluding carboxylic acids is 1. The van der Waals surface area contributed by atoms with Gasteiger partial charge in [-0.25, -0.2) is 4.79 Å². The second-order valence-corrected chi connectivity index (χ2v) is 4.05. The molecule has 0 aliphatic rings. The molecule has 0 aliphatic carbocycles. The Morgan fingerprint density at radius 1 is 1.33 bits per heavy atom. The highest BCUT2D eigenvalue weighted by atomic mass is 16.6. The third-order valence-electron chi connectivity index (χ3n) is 2.66. The second kappa shape index (κ2) is 7.58. The molecule has 4 heteroatoms. The van der Waals surface area contributed by atoms with E-state index in [1.807, 2.05) is 56.0 Å². The molecule has 1 aromatic carbocycles. The Kier molecular flexibility index (Phi) is 6.05. The highest BCUT2D eigenvalue weighted by Crippen LogP contribution is 2.16. The Hall–Kier alpha value is -1.71. The first kappa shape index (κ1) is 14.4. The van der Waals surface area contributed by atoms with E-state index in [0.29, 0.717) is 6.54 Å². The Morgan fingerprint density at radius 3 is 2.56 bits per heavy atom. The number of amides is 1. The normalized spacial score (nSPS) is 11.7. The largest absolute Gasteiger partial charge is 0.426 e. The van der Waals surface area contributed by atoms with Crippen LogP contribution in [0.5, 0.6) is 0 Å². The fourth-order valence-corrected chi connectivity index (χ4v) is 1.76. The average molecular weight is 250 g/mol. The molecule has 100 valence electrons. The quantitative estimate of drug-likeness (QED) is 0.789. The van der Waals surface area contributed by atoms with Gasteiger partial charge in [-0.15, -0.1) is 0 Å². The molecule has 1 aromatic rings. The molecule has 1 atom stereocenters. The maximum Gasteiger partial charge on any atom is 0.409 e. The molecule has 0 saturated carbocycles. The number of rotatable bonds is 6. The van der Waals surface area contributed by atoms with Crippen LogP contribution in [0.25, 0.3) is 0 Å². The number of nitrogens with zero attached hydrogens (tertiary/aromatic N) is 1. The number of alkyl carbamates (subject to hydrolysis) is 1.